The number of benzene rings is 1. The van der Waals surface area contributed by atoms with E-state index in [1.54, 1.807) is 18.4 Å². The molecule has 0 bridgehead atoms. The summed E-state index contributed by atoms with van der Waals surface area (Å²) in [5, 5.41) is 6.66. The number of nitrogens with zero attached hydrogens (tertiary/aromatic N) is 3. The van der Waals surface area contributed by atoms with Crippen molar-refractivity contribution in [3.05, 3.63) is 40.1 Å². The lowest BCUT2D eigenvalue weighted by molar-refractivity contribution is 0.415. The van der Waals surface area contributed by atoms with Crippen molar-refractivity contribution in [1.82, 2.24) is 4.68 Å². The number of hydrogen-bond donors (Lipinski definition) is 0. The summed E-state index contributed by atoms with van der Waals surface area (Å²) in [6.07, 6.45) is 0.935. The van der Waals surface area contributed by atoms with Gasteiger partial charge in [0.15, 0.2) is 0 Å². The molecule has 106 valence electrons. The molecule has 20 heavy (non-hydrogen) atoms. The molecule has 2 rings (SSSR count). The van der Waals surface area contributed by atoms with E-state index in [4.69, 9.17) is 4.74 Å². The van der Waals surface area contributed by atoms with E-state index in [2.05, 4.69) is 22.4 Å². The second-order valence-corrected chi connectivity index (χ2v) is 5.31. The highest BCUT2D eigenvalue weighted by molar-refractivity contribution is 7.07. The van der Waals surface area contributed by atoms with Crippen LogP contribution in [0.25, 0.3) is 0 Å². The average molecular weight is 289 g/mol. The summed E-state index contributed by atoms with van der Waals surface area (Å²) in [6.45, 7) is 6.17. The maximum absolute atomic E-state index is 5.15. The summed E-state index contributed by atoms with van der Waals surface area (Å²) in [5.74, 6) is 0.832. The first-order valence-corrected chi connectivity index (χ1v) is 7.42. The molecular formula is C15H19N3OS. The zero-order valence-electron chi connectivity index (χ0n) is 12.3. The van der Waals surface area contributed by atoms with Crippen molar-refractivity contribution in [3.8, 4) is 5.75 Å². The molecule has 2 aromatic rings. The van der Waals surface area contributed by atoms with E-state index < -0.39 is 0 Å². The van der Waals surface area contributed by atoms with Crippen LogP contribution in [0.3, 0.4) is 0 Å². The molecule has 0 atom stereocenters. The van der Waals surface area contributed by atoms with Gasteiger partial charge in [0.05, 0.1) is 18.5 Å². The number of rotatable bonds is 4. The molecule has 0 aliphatic carbocycles. The van der Waals surface area contributed by atoms with Crippen LogP contribution in [0, 0.1) is 6.92 Å². The van der Waals surface area contributed by atoms with Crippen LogP contribution in [-0.4, -0.2) is 17.5 Å². The number of aromatic nitrogens is 1. The van der Waals surface area contributed by atoms with Gasteiger partial charge in [0.1, 0.15) is 5.75 Å². The highest BCUT2D eigenvalue weighted by atomic mass is 32.1. The Labute approximate surface area is 123 Å². The van der Waals surface area contributed by atoms with Crippen LogP contribution in [0.15, 0.2) is 39.7 Å². The lowest BCUT2D eigenvalue weighted by Crippen LogP contribution is -2.13. The predicted molar refractivity (Wildman–Crippen MR) is 84.1 cm³/mol. The average Bonchev–Trinajstić information content (AvgIpc) is 2.81. The fourth-order valence-corrected chi connectivity index (χ4v) is 2.41. The van der Waals surface area contributed by atoms with Crippen molar-refractivity contribution in [2.75, 3.05) is 7.11 Å². The smallest absolute Gasteiger partial charge is 0.211 e. The Morgan fingerprint density at radius 2 is 2.00 bits per heavy atom. The van der Waals surface area contributed by atoms with E-state index in [1.807, 2.05) is 42.8 Å². The second kappa shape index (κ2) is 6.52. The van der Waals surface area contributed by atoms with Gasteiger partial charge in [-0.25, -0.2) is 9.67 Å². The maximum Gasteiger partial charge on any atom is 0.211 e. The molecule has 0 saturated heterocycles. The van der Waals surface area contributed by atoms with Gasteiger partial charge in [-0.15, -0.1) is 11.3 Å². The minimum absolute atomic E-state index is 0.832. The van der Waals surface area contributed by atoms with E-state index in [0.717, 1.165) is 34.1 Å². The number of hydrogen-bond acceptors (Lipinski definition) is 4. The van der Waals surface area contributed by atoms with E-state index in [9.17, 15) is 0 Å². The highest BCUT2D eigenvalue weighted by Gasteiger charge is 2.01. The third-order valence-corrected chi connectivity index (χ3v) is 3.86. The number of ether oxygens (including phenoxy) is 1. The molecule has 0 fully saturated rings. The topological polar surface area (TPSA) is 38.9 Å². The molecule has 0 saturated carbocycles. The monoisotopic (exact) mass is 289 g/mol. The van der Waals surface area contributed by atoms with Gasteiger partial charge in [-0.3, -0.25) is 0 Å². The van der Waals surface area contributed by atoms with Crippen LogP contribution in [-0.2, 0) is 0 Å². The molecule has 1 heterocycles. The zero-order valence-corrected chi connectivity index (χ0v) is 13.1. The van der Waals surface area contributed by atoms with Gasteiger partial charge in [-0.05, 0) is 44.5 Å². The molecule has 0 spiro atoms. The number of methoxy groups -OCH3 is 1. The summed E-state index contributed by atoms with van der Waals surface area (Å²) < 4.78 is 7.04. The van der Waals surface area contributed by atoms with E-state index in [0.29, 0.717) is 0 Å². The van der Waals surface area contributed by atoms with E-state index in [-0.39, 0.29) is 0 Å². The van der Waals surface area contributed by atoms with Gasteiger partial charge < -0.3 is 4.74 Å². The Hall–Kier alpha value is -1.88. The summed E-state index contributed by atoms with van der Waals surface area (Å²) in [7, 11) is 1.66. The van der Waals surface area contributed by atoms with Crippen LogP contribution < -0.4 is 9.54 Å². The van der Waals surface area contributed by atoms with E-state index >= 15 is 0 Å². The SMILES string of the molecule is CCC(C)=Nn1c(C)csc1=Nc1ccc(OC)cc1. The lowest BCUT2D eigenvalue weighted by atomic mass is 10.3. The minimum atomic E-state index is 0.832. The summed E-state index contributed by atoms with van der Waals surface area (Å²) in [6, 6.07) is 7.69. The zero-order chi connectivity index (χ0) is 14.5. The maximum atomic E-state index is 5.15. The van der Waals surface area contributed by atoms with Gasteiger partial charge >= 0.3 is 0 Å². The van der Waals surface area contributed by atoms with Gasteiger partial charge in [0, 0.05) is 11.1 Å². The van der Waals surface area contributed by atoms with Crippen LogP contribution in [0.4, 0.5) is 5.69 Å². The standard InChI is InChI=1S/C15H19N3OS/c1-5-11(2)17-18-12(3)10-20-15(18)16-13-6-8-14(19-4)9-7-13/h6-10H,5H2,1-4H3. The van der Waals surface area contributed by atoms with Crippen molar-refractivity contribution in [1.29, 1.82) is 0 Å². The quantitative estimate of drug-likeness (QED) is 0.790. The molecule has 0 amide bonds. The Morgan fingerprint density at radius 1 is 1.30 bits per heavy atom. The number of aryl methyl sites for hydroxylation is 1. The third-order valence-electron chi connectivity index (χ3n) is 2.93. The van der Waals surface area contributed by atoms with Gasteiger partial charge in [-0.2, -0.15) is 5.10 Å². The molecule has 0 aliphatic heterocycles. The fraction of sp³-hybridized carbons (Fsp3) is 0.333. The van der Waals surface area contributed by atoms with Crippen molar-refractivity contribution < 1.29 is 4.74 Å². The largest absolute Gasteiger partial charge is 0.497 e. The Morgan fingerprint density at radius 3 is 2.60 bits per heavy atom. The first-order chi connectivity index (χ1) is 9.63. The molecule has 4 nitrogen and oxygen atoms in total. The molecule has 0 unspecified atom stereocenters. The van der Waals surface area contributed by atoms with Crippen molar-refractivity contribution in [2.45, 2.75) is 27.2 Å². The highest BCUT2D eigenvalue weighted by Crippen LogP contribution is 2.17. The number of thiazole rings is 1. The lowest BCUT2D eigenvalue weighted by Gasteiger charge is -2.01. The van der Waals surface area contributed by atoms with Crippen molar-refractivity contribution >= 4 is 22.7 Å². The van der Waals surface area contributed by atoms with Crippen molar-refractivity contribution in [2.24, 2.45) is 10.1 Å². The Bertz CT molecular complexity index is 665. The fourth-order valence-electron chi connectivity index (χ4n) is 1.59. The molecule has 5 heteroatoms. The second-order valence-electron chi connectivity index (χ2n) is 4.47. The molecule has 1 aromatic heterocycles. The van der Waals surface area contributed by atoms with Gasteiger partial charge in [0.2, 0.25) is 4.80 Å². The molecular weight excluding hydrogens is 270 g/mol. The summed E-state index contributed by atoms with van der Waals surface area (Å²) in [4.78, 5) is 5.52. The van der Waals surface area contributed by atoms with E-state index in [1.165, 1.54) is 0 Å². The normalized spacial score (nSPS) is 12.8. The molecule has 0 aliphatic rings. The summed E-state index contributed by atoms with van der Waals surface area (Å²) >= 11 is 1.59. The molecule has 0 radical (unpaired) electrons. The first-order valence-electron chi connectivity index (χ1n) is 6.54. The Kier molecular flexibility index (Phi) is 4.74. The molecule has 0 N–H and O–H groups in total. The van der Waals surface area contributed by atoms with Crippen LogP contribution in [0.5, 0.6) is 5.75 Å². The van der Waals surface area contributed by atoms with Gasteiger partial charge in [0.25, 0.3) is 0 Å². The third kappa shape index (κ3) is 3.36. The predicted octanol–water partition coefficient (Wildman–Crippen LogP) is 3.73. The Balaban J connectivity index is 2.43. The van der Waals surface area contributed by atoms with Crippen LogP contribution >= 0.6 is 11.3 Å². The molecule has 1 aromatic carbocycles. The van der Waals surface area contributed by atoms with Crippen LogP contribution in [0.1, 0.15) is 26.0 Å². The van der Waals surface area contributed by atoms with Crippen LogP contribution in [0.2, 0.25) is 0 Å². The first kappa shape index (κ1) is 14.5. The minimum Gasteiger partial charge on any atom is -0.497 e. The van der Waals surface area contributed by atoms with Gasteiger partial charge in [-0.1, -0.05) is 6.92 Å². The summed E-state index contributed by atoms with van der Waals surface area (Å²) in [5.41, 5.74) is 3.07. The van der Waals surface area contributed by atoms with Crippen molar-refractivity contribution in [3.63, 3.8) is 0 Å².